The van der Waals surface area contributed by atoms with Gasteiger partial charge in [-0.05, 0) is 12.2 Å². The molecule has 0 N–H and O–H groups in total. The van der Waals surface area contributed by atoms with Crippen LogP contribution in [0.5, 0.6) is 0 Å². The SMILES string of the molecule is CCCCCCCCCCCCCCCCCCCCCCCCS.[NaH]. The molecular formula is C24H51NaS. The van der Waals surface area contributed by atoms with Crippen molar-refractivity contribution in [3.63, 3.8) is 0 Å². The predicted molar refractivity (Wildman–Crippen MR) is 128 cm³/mol. The third-order valence-corrected chi connectivity index (χ3v) is 5.83. The van der Waals surface area contributed by atoms with Gasteiger partial charge < -0.3 is 0 Å². The Hall–Kier alpha value is 1.35. The molecule has 0 bridgehead atoms. The summed E-state index contributed by atoms with van der Waals surface area (Å²) in [5.41, 5.74) is 0. The first-order valence-electron chi connectivity index (χ1n) is 12.0. The van der Waals surface area contributed by atoms with Crippen molar-refractivity contribution in [3.05, 3.63) is 0 Å². The van der Waals surface area contributed by atoms with E-state index in [-0.39, 0.29) is 29.6 Å². The molecule has 0 rings (SSSR count). The van der Waals surface area contributed by atoms with Crippen LogP contribution in [0.25, 0.3) is 0 Å². The van der Waals surface area contributed by atoms with Gasteiger partial charge in [0.2, 0.25) is 0 Å². The number of rotatable bonds is 22. The van der Waals surface area contributed by atoms with Gasteiger partial charge in [0.15, 0.2) is 0 Å². The van der Waals surface area contributed by atoms with Gasteiger partial charge in [-0.3, -0.25) is 0 Å². The maximum atomic E-state index is 4.26. The molecule has 0 spiro atoms. The van der Waals surface area contributed by atoms with E-state index in [1.54, 1.807) is 0 Å². The van der Waals surface area contributed by atoms with E-state index in [2.05, 4.69) is 19.6 Å². The van der Waals surface area contributed by atoms with Crippen molar-refractivity contribution in [2.45, 2.75) is 148 Å². The van der Waals surface area contributed by atoms with E-state index in [1.807, 2.05) is 0 Å². The molecule has 0 aliphatic heterocycles. The van der Waals surface area contributed by atoms with Crippen molar-refractivity contribution < 1.29 is 0 Å². The molecule has 2 heteroatoms. The molecule has 0 atom stereocenters. The molecule has 0 unspecified atom stereocenters. The summed E-state index contributed by atoms with van der Waals surface area (Å²) in [5.74, 6) is 1.07. The van der Waals surface area contributed by atoms with E-state index in [9.17, 15) is 0 Å². The Morgan fingerprint density at radius 1 is 0.346 bits per heavy atom. The van der Waals surface area contributed by atoms with Gasteiger partial charge in [0.25, 0.3) is 0 Å². The Labute approximate surface area is 195 Å². The van der Waals surface area contributed by atoms with Crippen molar-refractivity contribution in [2.24, 2.45) is 0 Å². The van der Waals surface area contributed by atoms with Crippen molar-refractivity contribution in [1.82, 2.24) is 0 Å². The fraction of sp³-hybridized carbons (Fsp3) is 1.00. The average Bonchev–Trinajstić information content (AvgIpc) is 2.63. The minimum atomic E-state index is 0. The van der Waals surface area contributed by atoms with E-state index in [1.165, 1.54) is 141 Å². The zero-order valence-corrected chi connectivity index (χ0v) is 18.6. The van der Waals surface area contributed by atoms with Crippen LogP contribution in [0.3, 0.4) is 0 Å². The van der Waals surface area contributed by atoms with Crippen LogP contribution in [0.4, 0.5) is 0 Å². The Morgan fingerprint density at radius 3 is 0.731 bits per heavy atom. The first-order valence-corrected chi connectivity index (χ1v) is 12.7. The zero-order valence-electron chi connectivity index (χ0n) is 17.7. The average molecular weight is 395 g/mol. The third-order valence-electron chi connectivity index (χ3n) is 5.51. The van der Waals surface area contributed by atoms with E-state index in [4.69, 9.17) is 0 Å². The molecule has 26 heavy (non-hydrogen) atoms. The minimum absolute atomic E-state index is 0. The summed E-state index contributed by atoms with van der Waals surface area (Å²) in [6, 6.07) is 0. The summed E-state index contributed by atoms with van der Waals surface area (Å²) < 4.78 is 0. The van der Waals surface area contributed by atoms with E-state index >= 15 is 0 Å². The van der Waals surface area contributed by atoms with Crippen LogP contribution in [0.15, 0.2) is 0 Å². The molecule has 0 fully saturated rings. The van der Waals surface area contributed by atoms with Crippen LogP contribution in [-0.2, 0) is 0 Å². The van der Waals surface area contributed by atoms with E-state index in [0.29, 0.717) is 0 Å². The van der Waals surface area contributed by atoms with Crippen LogP contribution < -0.4 is 0 Å². The van der Waals surface area contributed by atoms with Crippen molar-refractivity contribution in [1.29, 1.82) is 0 Å². The monoisotopic (exact) mass is 394 g/mol. The second-order valence-corrected chi connectivity index (χ2v) is 8.60. The Balaban J connectivity index is 0. The van der Waals surface area contributed by atoms with Gasteiger partial charge in [-0.1, -0.05) is 142 Å². The fourth-order valence-electron chi connectivity index (χ4n) is 3.72. The quantitative estimate of drug-likeness (QED) is 0.106. The van der Waals surface area contributed by atoms with Crippen LogP contribution in [-0.4, -0.2) is 35.3 Å². The molecule has 0 radical (unpaired) electrons. The third kappa shape index (κ3) is 27.6. The molecular weight excluding hydrogens is 343 g/mol. The van der Waals surface area contributed by atoms with Crippen molar-refractivity contribution >= 4 is 42.2 Å². The molecule has 0 aromatic rings. The van der Waals surface area contributed by atoms with Crippen LogP contribution in [0.1, 0.15) is 148 Å². The summed E-state index contributed by atoms with van der Waals surface area (Å²) in [6.45, 7) is 2.30. The van der Waals surface area contributed by atoms with Crippen LogP contribution in [0, 0.1) is 0 Å². The topological polar surface area (TPSA) is 0 Å². The summed E-state index contributed by atoms with van der Waals surface area (Å²) >= 11 is 4.26. The molecule has 0 saturated carbocycles. The van der Waals surface area contributed by atoms with Gasteiger partial charge in [0, 0.05) is 0 Å². The zero-order chi connectivity index (χ0) is 18.3. The standard InChI is InChI=1S/C24H50S.Na.H/c1-2-3-4-5-6-7-8-9-10-11-12-13-14-15-16-17-18-19-20-21-22-23-24-25;;/h25H,2-24H2,1H3;;. The van der Waals surface area contributed by atoms with Gasteiger partial charge in [0.05, 0.1) is 0 Å². The Bertz CT molecular complexity index is 198. The van der Waals surface area contributed by atoms with Gasteiger partial charge in [0.1, 0.15) is 0 Å². The fourth-order valence-corrected chi connectivity index (χ4v) is 3.94. The molecule has 0 heterocycles. The summed E-state index contributed by atoms with van der Waals surface area (Å²) in [6.07, 6.45) is 32.1. The van der Waals surface area contributed by atoms with E-state index in [0.717, 1.165) is 5.75 Å². The summed E-state index contributed by atoms with van der Waals surface area (Å²) in [7, 11) is 0. The second-order valence-electron chi connectivity index (χ2n) is 8.15. The molecule has 0 nitrogen and oxygen atoms in total. The van der Waals surface area contributed by atoms with E-state index < -0.39 is 0 Å². The molecule has 0 aromatic carbocycles. The van der Waals surface area contributed by atoms with Gasteiger partial charge in [-0.25, -0.2) is 0 Å². The number of hydrogen-bond acceptors (Lipinski definition) is 1. The number of thiol groups is 1. The van der Waals surface area contributed by atoms with Crippen LogP contribution >= 0.6 is 12.6 Å². The first kappa shape index (κ1) is 29.6. The summed E-state index contributed by atoms with van der Waals surface area (Å²) in [5, 5.41) is 0. The molecule has 0 aliphatic carbocycles. The van der Waals surface area contributed by atoms with Gasteiger partial charge >= 0.3 is 29.6 Å². The molecule has 0 aliphatic rings. The predicted octanol–water partition coefficient (Wildman–Crippen LogP) is 8.87. The van der Waals surface area contributed by atoms with Gasteiger partial charge in [-0.15, -0.1) is 0 Å². The Kier molecular flexibility index (Phi) is 32.5. The van der Waals surface area contributed by atoms with Crippen LogP contribution in [0.2, 0.25) is 0 Å². The number of unbranched alkanes of at least 4 members (excludes halogenated alkanes) is 21. The van der Waals surface area contributed by atoms with Crippen molar-refractivity contribution in [3.8, 4) is 0 Å². The molecule has 0 amide bonds. The summed E-state index contributed by atoms with van der Waals surface area (Å²) in [4.78, 5) is 0. The van der Waals surface area contributed by atoms with Gasteiger partial charge in [-0.2, -0.15) is 12.6 Å². The Morgan fingerprint density at radius 2 is 0.538 bits per heavy atom. The maximum absolute atomic E-state index is 4.26. The van der Waals surface area contributed by atoms with Crippen molar-refractivity contribution in [2.75, 3.05) is 5.75 Å². The second kappa shape index (κ2) is 28.6. The normalized spacial score (nSPS) is 10.8. The first-order chi connectivity index (χ1) is 12.4. The number of hydrogen-bond donors (Lipinski definition) is 1. The molecule has 154 valence electrons. The molecule has 0 saturated heterocycles. The molecule has 0 aromatic heterocycles.